The first-order chi connectivity index (χ1) is 7.16. The van der Waals surface area contributed by atoms with Crippen molar-refractivity contribution in [3.8, 4) is 0 Å². The molecule has 0 saturated heterocycles. The van der Waals surface area contributed by atoms with Gasteiger partial charge in [0.2, 0.25) is 0 Å². The van der Waals surface area contributed by atoms with E-state index in [0.29, 0.717) is 9.66 Å². The first-order valence-corrected chi connectivity index (χ1v) is 8.99. The van der Waals surface area contributed by atoms with Gasteiger partial charge in [-0.15, -0.1) is 0 Å². The molecule has 0 bridgehead atoms. The largest absolute Gasteiger partial charge is 0.491 e. The van der Waals surface area contributed by atoms with E-state index in [-0.39, 0.29) is 0 Å². The van der Waals surface area contributed by atoms with Gasteiger partial charge in [0, 0.05) is 9.94 Å². The van der Waals surface area contributed by atoms with Crippen LogP contribution in [0.25, 0.3) is 0 Å². The molecule has 0 aliphatic rings. The van der Waals surface area contributed by atoms with E-state index in [2.05, 4.69) is 15.9 Å². The zero-order valence-electron chi connectivity index (χ0n) is 9.18. The van der Waals surface area contributed by atoms with E-state index in [0.717, 1.165) is 0 Å². The average molecular weight is 309 g/mol. The summed E-state index contributed by atoms with van der Waals surface area (Å²) in [4.78, 5) is 0. The highest BCUT2D eigenvalue weighted by molar-refractivity contribution is 9.10. The van der Waals surface area contributed by atoms with E-state index in [9.17, 15) is 8.78 Å². The molecule has 0 aliphatic heterocycles. The molecular weight excluding hydrogens is 297 g/mol. The lowest BCUT2D eigenvalue weighted by molar-refractivity contribution is 0.420. The van der Waals surface area contributed by atoms with Gasteiger partial charge in [0.25, 0.3) is 0 Å². The lowest BCUT2D eigenvalue weighted by Crippen LogP contribution is -2.45. The van der Waals surface area contributed by atoms with Crippen molar-refractivity contribution in [3.05, 3.63) is 22.2 Å². The molecule has 88 valence electrons. The Morgan fingerprint density at radius 2 is 1.69 bits per heavy atom. The Morgan fingerprint density at radius 1 is 1.19 bits per heavy atom. The maximum Gasteiger partial charge on any atom is 0.491 e. The molecule has 0 fully saturated rings. The van der Waals surface area contributed by atoms with E-state index in [4.69, 9.17) is 10.0 Å². The molecule has 0 radical (unpaired) electrons. The van der Waals surface area contributed by atoms with E-state index < -0.39 is 32.3 Å². The predicted molar refractivity (Wildman–Crippen MR) is 66.9 cm³/mol. The molecule has 1 aromatic rings. The van der Waals surface area contributed by atoms with Crippen LogP contribution in [-0.4, -0.2) is 25.2 Å². The van der Waals surface area contributed by atoms with Gasteiger partial charge < -0.3 is 10.0 Å². The van der Waals surface area contributed by atoms with Gasteiger partial charge in [0.1, 0.15) is 0 Å². The summed E-state index contributed by atoms with van der Waals surface area (Å²) in [5.41, 5.74) is -0.452. The summed E-state index contributed by atoms with van der Waals surface area (Å²) in [6.45, 7) is 5.64. The van der Waals surface area contributed by atoms with E-state index in [1.165, 1.54) is 6.07 Å². The first-order valence-electron chi connectivity index (χ1n) is 4.70. The summed E-state index contributed by atoms with van der Waals surface area (Å²) in [6, 6.07) is 1.22. The van der Waals surface area contributed by atoms with E-state index >= 15 is 0 Å². The fraction of sp³-hybridized carbons (Fsp3) is 0.333. The zero-order chi connectivity index (χ0) is 12.7. The summed E-state index contributed by atoms with van der Waals surface area (Å²) in [5, 5.41) is 18.1. The molecular formula is C9H12BBrF2O2Si. The third-order valence-corrected chi connectivity index (χ3v) is 5.20. The molecule has 0 aliphatic carbocycles. The minimum atomic E-state index is -2.04. The minimum Gasteiger partial charge on any atom is -0.423 e. The highest BCUT2D eigenvalue weighted by atomic mass is 79.9. The minimum absolute atomic E-state index is 0.314. The molecule has 0 amide bonds. The van der Waals surface area contributed by atoms with Crippen LogP contribution in [0.3, 0.4) is 0 Å². The standard InChI is InChI=1S/C9H12BBrF2O2Si/c1-16(2,3)9-6(11)4-5(10(14)15)7(12)8(9)13/h4,14-15H,1-3H3. The highest BCUT2D eigenvalue weighted by Gasteiger charge is 2.30. The van der Waals surface area contributed by atoms with Crippen molar-refractivity contribution in [2.24, 2.45) is 0 Å². The Kier molecular flexibility index (Phi) is 3.94. The third kappa shape index (κ3) is 2.53. The smallest absolute Gasteiger partial charge is 0.423 e. The van der Waals surface area contributed by atoms with Gasteiger partial charge in [-0.1, -0.05) is 35.6 Å². The van der Waals surface area contributed by atoms with Crippen molar-refractivity contribution in [3.63, 3.8) is 0 Å². The van der Waals surface area contributed by atoms with Crippen LogP contribution < -0.4 is 10.6 Å². The van der Waals surface area contributed by atoms with Crippen molar-refractivity contribution in [1.82, 2.24) is 0 Å². The van der Waals surface area contributed by atoms with Gasteiger partial charge in [0.05, 0.1) is 8.07 Å². The lowest BCUT2D eigenvalue weighted by Gasteiger charge is -2.21. The van der Waals surface area contributed by atoms with Gasteiger partial charge >= 0.3 is 7.12 Å². The molecule has 0 unspecified atom stereocenters. The number of benzene rings is 1. The molecule has 0 atom stereocenters. The van der Waals surface area contributed by atoms with Crippen molar-refractivity contribution in [2.45, 2.75) is 19.6 Å². The van der Waals surface area contributed by atoms with Crippen LogP contribution in [0.4, 0.5) is 8.78 Å². The van der Waals surface area contributed by atoms with Crippen LogP contribution in [0.1, 0.15) is 0 Å². The van der Waals surface area contributed by atoms with Crippen LogP contribution in [0.2, 0.25) is 19.6 Å². The monoisotopic (exact) mass is 308 g/mol. The molecule has 0 spiro atoms. The molecule has 1 aromatic carbocycles. The topological polar surface area (TPSA) is 40.5 Å². The van der Waals surface area contributed by atoms with Gasteiger partial charge in [-0.2, -0.15) is 0 Å². The molecule has 0 aromatic heterocycles. The SMILES string of the molecule is C[Si](C)(C)c1c(Br)cc(B(O)O)c(F)c1F. The van der Waals surface area contributed by atoms with E-state index in [1.54, 1.807) is 0 Å². The molecule has 2 N–H and O–H groups in total. The quantitative estimate of drug-likeness (QED) is 0.631. The number of hydrogen-bond donors (Lipinski definition) is 2. The Balaban J connectivity index is 3.53. The maximum atomic E-state index is 13.8. The van der Waals surface area contributed by atoms with Crippen molar-refractivity contribution >= 4 is 41.8 Å². The second-order valence-corrected chi connectivity index (χ2v) is 10.4. The summed E-state index contributed by atoms with van der Waals surface area (Å²) >= 11 is 3.14. The summed E-state index contributed by atoms with van der Waals surface area (Å²) < 4.78 is 27.7. The summed E-state index contributed by atoms with van der Waals surface area (Å²) in [5.74, 6) is -2.17. The Morgan fingerprint density at radius 3 is 2.06 bits per heavy atom. The molecule has 7 heteroatoms. The molecule has 16 heavy (non-hydrogen) atoms. The van der Waals surface area contributed by atoms with Gasteiger partial charge in [-0.3, -0.25) is 0 Å². The Bertz CT molecular complexity index is 421. The molecule has 0 saturated carbocycles. The summed E-state index contributed by atoms with van der Waals surface area (Å²) in [6.07, 6.45) is 0. The number of rotatable bonds is 2. The van der Waals surface area contributed by atoms with Crippen LogP contribution in [-0.2, 0) is 0 Å². The Labute approximate surface area is 103 Å². The maximum absolute atomic E-state index is 13.8. The van der Waals surface area contributed by atoms with Crippen LogP contribution in [0.5, 0.6) is 0 Å². The fourth-order valence-corrected chi connectivity index (χ4v) is 5.25. The van der Waals surface area contributed by atoms with Gasteiger partial charge in [-0.25, -0.2) is 8.78 Å². The zero-order valence-corrected chi connectivity index (χ0v) is 11.8. The van der Waals surface area contributed by atoms with Gasteiger partial charge in [0.15, 0.2) is 11.6 Å². The predicted octanol–water partition coefficient (Wildman–Crippen LogP) is 0.952. The highest BCUT2D eigenvalue weighted by Crippen LogP contribution is 2.17. The second-order valence-electron chi connectivity index (χ2n) is 4.57. The first kappa shape index (κ1) is 13.8. The van der Waals surface area contributed by atoms with Crippen LogP contribution >= 0.6 is 15.9 Å². The van der Waals surface area contributed by atoms with Crippen LogP contribution in [0.15, 0.2) is 10.5 Å². The summed E-state index contributed by atoms with van der Waals surface area (Å²) in [7, 11) is -4.05. The lowest BCUT2D eigenvalue weighted by atomic mass is 9.80. The third-order valence-electron chi connectivity index (χ3n) is 2.21. The average Bonchev–Trinajstić information content (AvgIpc) is 2.08. The second kappa shape index (κ2) is 4.56. The normalized spacial score (nSPS) is 11.8. The van der Waals surface area contributed by atoms with Crippen LogP contribution in [0, 0.1) is 11.6 Å². The Hall–Kier alpha value is -0.238. The van der Waals surface area contributed by atoms with Crippen molar-refractivity contribution < 1.29 is 18.8 Å². The van der Waals surface area contributed by atoms with Crippen molar-refractivity contribution in [2.75, 3.05) is 0 Å². The van der Waals surface area contributed by atoms with Gasteiger partial charge in [-0.05, 0) is 11.3 Å². The number of halogens is 3. The molecule has 0 heterocycles. The molecule has 1 rings (SSSR count). The van der Waals surface area contributed by atoms with Crippen molar-refractivity contribution in [1.29, 1.82) is 0 Å². The molecule has 2 nitrogen and oxygen atoms in total. The number of hydrogen-bond acceptors (Lipinski definition) is 2. The van der Waals surface area contributed by atoms with E-state index in [1.807, 2.05) is 19.6 Å². The fourth-order valence-electron chi connectivity index (χ4n) is 1.49.